The molecule has 0 radical (unpaired) electrons. The molecule has 2 N–H and O–H groups in total. The van der Waals surface area contributed by atoms with E-state index in [0.29, 0.717) is 0 Å². The van der Waals surface area contributed by atoms with Crippen LogP contribution in [0.4, 0.5) is 0 Å². The fourth-order valence-electron chi connectivity index (χ4n) is 1.14. The molecule has 0 bridgehead atoms. The molecule has 1 aromatic heterocycles. The molecule has 6 heteroatoms. The van der Waals surface area contributed by atoms with Crippen molar-refractivity contribution in [2.75, 3.05) is 0 Å². The van der Waals surface area contributed by atoms with Gasteiger partial charge in [0.1, 0.15) is 6.33 Å². The molecular formula is C12H12N2O4. The van der Waals surface area contributed by atoms with E-state index in [1.807, 2.05) is 30.5 Å². The smallest absolute Gasteiger partial charge is 0.303 e. The van der Waals surface area contributed by atoms with Crippen LogP contribution in [0.15, 0.2) is 36.8 Å². The highest BCUT2D eigenvalue weighted by atomic mass is 16.4. The maximum absolute atomic E-state index is 9.64. The monoisotopic (exact) mass is 248 g/mol. The number of carboxylic acid groups (broad SMARTS) is 2. The Bertz CT molecular complexity index is 463. The molecule has 0 amide bonds. The molecule has 18 heavy (non-hydrogen) atoms. The molecule has 0 saturated heterocycles. The summed E-state index contributed by atoms with van der Waals surface area (Å²) in [5.41, 5.74) is 0.998. The second-order valence-electron chi connectivity index (χ2n) is 3.37. The highest BCUT2D eigenvalue weighted by Crippen LogP contribution is 2.06. The summed E-state index contributed by atoms with van der Waals surface area (Å²) in [7, 11) is 0. The number of nitrogens with zero attached hydrogens (tertiary/aromatic N) is 2. The number of benzene rings is 1. The molecule has 0 spiro atoms. The minimum absolute atomic E-state index is 0.296. The molecule has 1 aromatic carbocycles. The van der Waals surface area contributed by atoms with Gasteiger partial charge in [0.05, 0.1) is 18.4 Å². The van der Waals surface area contributed by atoms with E-state index in [-0.39, 0.29) is 12.8 Å². The fraction of sp³-hybridized carbons (Fsp3) is 0.167. The van der Waals surface area contributed by atoms with Crippen molar-refractivity contribution in [3.05, 3.63) is 36.8 Å². The average Bonchev–Trinajstić information content (AvgIpc) is 2.37. The molecule has 6 nitrogen and oxygen atoms in total. The predicted octanol–water partition coefficient (Wildman–Crippen LogP) is 1.57. The van der Waals surface area contributed by atoms with E-state index in [1.54, 1.807) is 6.33 Å². The minimum Gasteiger partial charge on any atom is -0.481 e. The number of fused-ring (bicyclic) bond motifs is 1. The number of rotatable bonds is 3. The molecule has 94 valence electrons. The summed E-state index contributed by atoms with van der Waals surface area (Å²) < 4.78 is 0. The summed E-state index contributed by atoms with van der Waals surface area (Å²) in [6.07, 6.45) is 2.77. The molecule has 0 saturated carbocycles. The van der Waals surface area contributed by atoms with Crippen molar-refractivity contribution < 1.29 is 19.8 Å². The van der Waals surface area contributed by atoms with Crippen molar-refractivity contribution in [1.29, 1.82) is 0 Å². The Kier molecular flexibility index (Phi) is 5.24. The Morgan fingerprint density at radius 2 is 1.67 bits per heavy atom. The first-order valence-electron chi connectivity index (χ1n) is 5.18. The van der Waals surface area contributed by atoms with Gasteiger partial charge in [-0.15, -0.1) is 0 Å². The van der Waals surface area contributed by atoms with Crippen LogP contribution in [0, 0.1) is 0 Å². The summed E-state index contributed by atoms with van der Waals surface area (Å²) in [6, 6.07) is 7.91. The van der Waals surface area contributed by atoms with Crippen molar-refractivity contribution in [3.8, 4) is 0 Å². The quantitative estimate of drug-likeness (QED) is 0.854. The van der Waals surface area contributed by atoms with Crippen molar-refractivity contribution in [2.45, 2.75) is 12.8 Å². The summed E-state index contributed by atoms with van der Waals surface area (Å²) >= 11 is 0. The topological polar surface area (TPSA) is 100 Å². The first-order chi connectivity index (χ1) is 8.59. The second kappa shape index (κ2) is 6.95. The number of hydrogen-bond donors (Lipinski definition) is 2. The van der Waals surface area contributed by atoms with Gasteiger partial charge in [0.2, 0.25) is 0 Å². The lowest BCUT2D eigenvalue weighted by atomic mass is 10.2. The van der Waals surface area contributed by atoms with Crippen LogP contribution in [0.3, 0.4) is 0 Å². The SMILES string of the molecule is O=C(O)CCC(=O)O.c1ccc2ncncc2c1. The number of para-hydroxylation sites is 1. The lowest BCUT2D eigenvalue weighted by Crippen LogP contribution is -2.00. The normalized spacial score (nSPS) is 9.33. The summed E-state index contributed by atoms with van der Waals surface area (Å²) in [6.45, 7) is 0. The van der Waals surface area contributed by atoms with E-state index in [9.17, 15) is 9.59 Å². The Morgan fingerprint density at radius 1 is 1.06 bits per heavy atom. The van der Waals surface area contributed by atoms with Crippen molar-refractivity contribution in [1.82, 2.24) is 9.97 Å². The number of aromatic nitrogens is 2. The Labute approximate surface area is 103 Å². The first-order valence-corrected chi connectivity index (χ1v) is 5.18. The van der Waals surface area contributed by atoms with Crippen LogP contribution >= 0.6 is 0 Å². The van der Waals surface area contributed by atoms with Crippen LogP contribution in [-0.4, -0.2) is 32.1 Å². The van der Waals surface area contributed by atoms with Crippen molar-refractivity contribution in [2.24, 2.45) is 0 Å². The summed E-state index contributed by atoms with van der Waals surface area (Å²) in [5, 5.41) is 16.9. The van der Waals surface area contributed by atoms with Crippen molar-refractivity contribution in [3.63, 3.8) is 0 Å². The minimum atomic E-state index is -1.08. The van der Waals surface area contributed by atoms with Gasteiger partial charge in [-0.25, -0.2) is 9.97 Å². The van der Waals surface area contributed by atoms with Gasteiger partial charge in [-0.3, -0.25) is 9.59 Å². The lowest BCUT2D eigenvalue weighted by Gasteiger charge is -1.90. The van der Waals surface area contributed by atoms with Crippen LogP contribution in [0.1, 0.15) is 12.8 Å². The number of hydrogen-bond acceptors (Lipinski definition) is 4. The van der Waals surface area contributed by atoms with Gasteiger partial charge in [0, 0.05) is 11.6 Å². The highest BCUT2D eigenvalue weighted by molar-refractivity contribution is 5.76. The van der Waals surface area contributed by atoms with Gasteiger partial charge in [-0.1, -0.05) is 18.2 Å². The third-order valence-corrected chi connectivity index (χ3v) is 1.97. The van der Waals surface area contributed by atoms with Gasteiger partial charge in [0.25, 0.3) is 0 Å². The maximum atomic E-state index is 9.64. The average molecular weight is 248 g/mol. The molecule has 0 atom stereocenters. The lowest BCUT2D eigenvalue weighted by molar-refractivity contribution is -0.143. The van der Waals surface area contributed by atoms with Gasteiger partial charge in [-0.05, 0) is 6.07 Å². The highest BCUT2D eigenvalue weighted by Gasteiger charge is 2.00. The molecule has 0 aliphatic heterocycles. The maximum Gasteiger partial charge on any atom is 0.303 e. The molecule has 0 aliphatic carbocycles. The Hall–Kier alpha value is -2.50. The third-order valence-electron chi connectivity index (χ3n) is 1.97. The fourth-order valence-corrected chi connectivity index (χ4v) is 1.14. The molecule has 1 heterocycles. The largest absolute Gasteiger partial charge is 0.481 e. The zero-order valence-corrected chi connectivity index (χ0v) is 9.48. The summed E-state index contributed by atoms with van der Waals surface area (Å²) in [5.74, 6) is -2.15. The van der Waals surface area contributed by atoms with E-state index in [0.717, 1.165) is 10.9 Å². The van der Waals surface area contributed by atoms with Crippen molar-refractivity contribution >= 4 is 22.8 Å². The van der Waals surface area contributed by atoms with E-state index in [4.69, 9.17) is 10.2 Å². The van der Waals surface area contributed by atoms with Gasteiger partial charge >= 0.3 is 11.9 Å². The molecule has 0 fully saturated rings. The van der Waals surface area contributed by atoms with Gasteiger partial charge in [0.15, 0.2) is 0 Å². The summed E-state index contributed by atoms with van der Waals surface area (Å²) in [4.78, 5) is 27.3. The standard InChI is InChI=1S/C8H6N2.C4H6O4/c1-2-4-8-7(3-1)5-9-6-10-8;5-3(6)1-2-4(7)8/h1-6H;1-2H2,(H,5,6)(H,7,8). The predicted molar refractivity (Wildman–Crippen MR) is 64.0 cm³/mol. The molecule has 2 rings (SSSR count). The number of aliphatic carboxylic acids is 2. The molecule has 0 unspecified atom stereocenters. The van der Waals surface area contributed by atoms with E-state index in [1.165, 1.54) is 0 Å². The first kappa shape index (κ1) is 13.6. The van der Waals surface area contributed by atoms with Gasteiger partial charge in [-0.2, -0.15) is 0 Å². The van der Waals surface area contributed by atoms with Crippen LogP contribution in [0.25, 0.3) is 10.9 Å². The Morgan fingerprint density at radius 3 is 2.22 bits per heavy atom. The number of carbonyl (C=O) groups is 2. The zero-order chi connectivity index (χ0) is 13.4. The zero-order valence-electron chi connectivity index (χ0n) is 9.48. The Balaban J connectivity index is 0.000000187. The van der Waals surface area contributed by atoms with Gasteiger partial charge < -0.3 is 10.2 Å². The van der Waals surface area contributed by atoms with E-state index >= 15 is 0 Å². The van der Waals surface area contributed by atoms with E-state index < -0.39 is 11.9 Å². The third kappa shape index (κ3) is 5.02. The number of carboxylic acids is 2. The van der Waals surface area contributed by atoms with Crippen LogP contribution in [-0.2, 0) is 9.59 Å². The van der Waals surface area contributed by atoms with E-state index in [2.05, 4.69) is 9.97 Å². The van der Waals surface area contributed by atoms with Crippen LogP contribution in [0.5, 0.6) is 0 Å². The molecule has 0 aliphatic rings. The molecule has 2 aromatic rings. The second-order valence-corrected chi connectivity index (χ2v) is 3.37. The van der Waals surface area contributed by atoms with Crippen LogP contribution < -0.4 is 0 Å². The van der Waals surface area contributed by atoms with Crippen LogP contribution in [0.2, 0.25) is 0 Å². The molecular weight excluding hydrogens is 236 g/mol.